The standard InChI is InChI=1S/C16H21N7O2/c17-15-11-3-1-2-4-12(11)19-13(20-15)9-22-5-7-23(8-6-22)10-14(24)21-16(18)25/h1-4H,5-10H2,(H2,17,19,20)(H3,18,21,24,25). The van der Waals surface area contributed by atoms with Crippen molar-refractivity contribution in [2.75, 3.05) is 38.5 Å². The zero-order chi connectivity index (χ0) is 17.8. The minimum Gasteiger partial charge on any atom is -0.383 e. The van der Waals surface area contributed by atoms with Crippen LogP contribution in [0.25, 0.3) is 10.9 Å². The molecule has 0 aliphatic carbocycles. The van der Waals surface area contributed by atoms with Gasteiger partial charge in [-0.15, -0.1) is 0 Å². The number of para-hydroxylation sites is 1. The molecule has 9 nitrogen and oxygen atoms in total. The number of imide groups is 1. The molecule has 0 unspecified atom stereocenters. The van der Waals surface area contributed by atoms with Crippen LogP contribution in [0.15, 0.2) is 24.3 Å². The van der Waals surface area contributed by atoms with E-state index in [1.165, 1.54) is 0 Å². The predicted octanol–water partition coefficient (Wildman–Crippen LogP) is -0.475. The number of benzene rings is 1. The Balaban J connectivity index is 1.56. The SMILES string of the molecule is NC(=O)NC(=O)CN1CCN(Cc2nc(N)c3ccccc3n2)CC1. The van der Waals surface area contributed by atoms with E-state index < -0.39 is 6.03 Å². The van der Waals surface area contributed by atoms with Gasteiger partial charge in [0.2, 0.25) is 5.91 Å². The number of rotatable bonds is 4. The number of piperazine rings is 1. The highest BCUT2D eigenvalue weighted by Crippen LogP contribution is 2.18. The first kappa shape index (κ1) is 17.1. The van der Waals surface area contributed by atoms with E-state index in [0.29, 0.717) is 18.2 Å². The average Bonchev–Trinajstić information content (AvgIpc) is 2.56. The van der Waals surface area contributed by atoms with Gasteiger partial charge in [0.1, 0.15) is 11.6 Å². The molecule has 0 atom stereocenters. The van der Waals surface area contributed by atoms with Crippen LogP contribution >= 0.6 is 0 Å². The highest BCUT2D eigenvalue weighted by molar-refractivity contribution is 5.94. The number of aromatic nitrogens is 2. The molecule has 3 amide bonds. The highest BCUT2D eigenvalue weighted by atomic mass is 16.2. The van der Waals surface area contributed by atoms with Crippen LogP contribution in [0.3, 0.4) is 0 Å². The Morgan fingerprint density at radius 3 is 2.48 bits per heavy atom. The molecule has 2 heterocycles. The van der Waals surface area contributed by atoms with Crippen molar-refractivity contribution in [3.8, 4) is 0 Å². The lowest BCUT2D eigenvalue weighted by Crippen LogP contribution is -2.50. The number of hydrogen-bond donors (Lipinski definition) is 3. The highest BCUT2D eigenvalue weighted by Gasteiger charge is 2.20. The number of urea groups is 1. The fourth-order valence-electron chi connectivity index (χ4n) is 2.91. The van der Waals surface area contributed by atoms with Gasteiger partial charge in [0, 0.05) is 31.6 Å². The van der Waals surface area contributed by atoms with Gasteiger partial charge in [-0.1, -0.05) is 12.1 Å². The molecule has 1 saturated heterocycles. The van der Waals surface area contributed by atoms with Crippen molar-refractivity contribution < 1.29 is 9.59 Å². The van der Waals surface area contributed by atoms with Crippen LogP contribution in [0.5, 0.6) is 0 Å². The number of fused-ring (bicyclic) bond motifs is 1. The predicted molar refractivity (Wildman–Crippen MR) is 93.4 cm³/mol. The summed E-state index contributed by atoms with van der Waals surface area (Å²) >= 11 is 0. The number of carbonyl (C=O) groups excluding carboxylic acids is 2. The van der Waals surface area contributed by atoms with Gasteiger partial charge in [-0.3, -0.25) is 19.9 Å². The van der Waals surface area contributed by atoms with Crippen LogP contribution in [-0.2, 0) is 11.3 Å². The Hall–Kier alpha value is -2.78. The summed E-state index contributed by atoms with van der Waals surface area (Å²) in [6.07, 6.45) is 0. The molecule has 9 heteroatoms. The van der Waals surface area contributed by atoms with Crippen molar-refractivity contribution in [1.82, 2.24) is 25.1 Å². The third-order valence-corrected chi connectivity index (χ3v) is 4.14. The Morgan fingerprint density at radius 2 is 1.76 bits per heavy atom. The van der Waals surface area contributed by atoms with Crippen LogP contribution in [0.2, 0.25) is 0 Å². The summed E-state index contributed by atoms with van der Waals surface area (Å²) in [5, 5.41) is 2.93. The van der Waals surface area contributed by atoms with Gasteiger partial charge in [0.05, 0.1) is 18.6 Å². The fraction of sp³-hybridized carbons (Fsp3) is 0.375. The van der Waals surface area contributed by atoms with Gasteiger partial charge in [0.25, 0.3) is 0 Å². The minimum absolute atomic E-state index is 0.163. The topological polar surface area (TPSA) is 130 Å². The third kappa shape index (κ3) is 4.40. The van der Waals surface area contributed by atoms with Crippen LogP contribution in [-0.4, -0.2) is 64.4 Å². The number of nitrogens with one attached hydrogen (secondary N) is 1. The molecule has 132 valence electrons. The number of amides is 3. The van der Waals surface area contributed by atoms with E-state index in [0.717, 1.165) is 37.1 Å². The molecule has 3 rings (SSSR count). The summed E-state index contributed by atoms with van der Waals surface area (Å²) in [4.78, 5) is 35.4. The number of anilines is 1. The lowest BCUT2D eigenvalue weighted by Gasteiger charge is -2.33. The molecule has 1 aromatic carbocycles. The zero-order valence-corrected chi connectivity index (χ0v) is 13.8. The first-order valence-electron chi connectivity index (χ1n) is 8.06. The smallest absolute Gasteiger partial charge is 0.318 e. The monoisotopic (exact) mass is 343 g/mol. The van der Waals surface area contributed by atoms with Crippen LogP contribution < -0.4 is 16.8 Å². The number of hydrogen-bond acceptors (Lipinski definition) is 7. The normalized spacial score (nSPS) is 16.0. The van der Waals surface area contributed by atoms with E-state index in [1.54, 1.807) is 0 Å². The maximum absolute atomic E-state index is 11.6. The molecule has 2 aromatic rings. The van der Waals surface area contributed by atoms with Gasteiger partial charge in [-0.2, -0.15) is 0 Å². The van der Waals surface area contributed by atoms with Gasteiger partial charge < -0.3 is 11.5 Å². The molecule has 5 N–H and O–H groups in total. The Bertz CT molecular complexity index is 787. The summed E-state index contributed by atoms with van der Waals surface area (Å²) in [7, 11) is 0. The Labute approximate surface area is 145 Å². The van der Waals surface area contributed by atoms with E-state index >= 15 is 0 Å². The second-order valence-corrected chi connectivity index (χ2v) is 6.01. The molecule has 25 heavy (non-hydrogen) atoms. The number of primary amides is 1. The lowest BCUT2D eigenvalue weighted by atomic mass is 10.2. The lowest BCUT2D eigenvalue weighted by molar-refractivity contribution is -0.121. The maximum atomic E-state index is 11.6. The van der Waals surface area contributed by atoms with Gasteiger partial charge in [-0.25, -0.2) is 14.8 Å². The van der Waals surface area contributed by atoms with Crippen molar-refractivity contribution >= 4 is 28.7 Å². The summed E-state index contributed by atoms with van der Waals surface area (Å²) < 4.78 is 0. The van der Waals surface area contributed by atoms with E-state index in [2.05, 4.69) is 20.2 Å². The summed E-state index contributed by atoms with van der Waals surface area (Å²) in [6, 6.07) is 6.84. The minimum atomic E-state index is -0.824. The molecular weight excluding hydrogens is 322 g/mol. The molecular formula is C16H21N7O2. The van der Waals surface area contributed by atoms with Crippen molar-refractivity contribution in [3.63, 3.8) is 0 Å². The molecule has 1 aliphatic rings. The number of nitrogen functional groups attached to an aromatic ring is 1. The van der Waals surface area contributed by atoms with Gasteiger partial charge >= 0.3 is 6.03 Å². The Morgan fingerprint density at radius 1 is 1.08 bits per heavy atom. The first-order valence-corrected chi connectivity index (χ1v) is 8.06. The summed E-state index contributed by atoms with van der Waals surface area (Å²) in [5.41, 5.74) is 11.8. The molecule has 0 radical (unpaired) electrons. The molecule has 1 aliphatic heterocycles. The van der Waals surface area contributed by atoms with Crippen molar-refractivity contribution in [2.45, 2.75) is 6.54 Å². The number of carbonyl (C=O) groups is 2. The number of nitrogens with zero attached hydrogens (tertiary/aromatic N) is 4. The summed E-state index contributed by atoms with van der Waals surface area (Å²) in [5.74, 6) is 0.796. The Kier molecular flexibility index (Phi) is 5.05. The van der Waals surface area contributed by atoms with Gasteiger partial charge in [0.15, 0.2) is 0 Å². The quantitative estimate of drug-likeness (QED) is 0.683. The molecule has 1 fully saturated rings. The van der Waals surface area contributed by atoms with Gasteiger partial charge in [-0.05, 0) is 12.1 Å². The van der Waals surface area contributed by atoms with E-state index in [9.17, 15) is 9.59 Å². The number of nitrogens with two attached hydrogens (primary N) is 2. The van der Waals surface area contributed by atoms with Crippen molar-refractivity contribution in [1.29, 1.82) is 0 Å². The molecule has 1 aromatic heterocycles. The second-order valence-electron chi connectivity index (χ2n) is 6.01. The van der Waals surface area contributed by atoms with Crippen LogP contribution in [0, 0.1) is 0 Å². The van der Waals surface area contributed by atoms with E-state index in [1.807, 2.05) is 29.2 Å². The van der Waals surface area contributed by atoms with Crippen molar-refractivity contribution in [2.24, 2.45) is 5.73 Å². The van der Waals surface area contributed by atoms with E-state index in [4.69, 9.17) is 11.5 Å². The zero-order valence-electron chi connectivity index (χ0n) is 13.8. The average molecular weight is 343 g/mol. The van der Waals surface area contributed by atoms with Crippen LogP contribution in [0.1, 0.15) is 5.82 Å². The maximum Gasteiger partial charge on any atom is 0.318 e. The third-order valence-electron chi connectivity index (χ3n) is 4.14. The first-order chi connectivity index (χ1) is 12.0. The van der Waals surface area contributed by atoms with Crippen LogP contribution in [0.4, 0.5) is 10.6 Å². The fourth-order valence-corrected chi connectivity index (χ4v) is 2.91. The largest absolute Gasteiger partial charge is 0.383 e. The second kappa shape index (κ2) is 7.41. The molecule has 0 spiro atoms. The summed E-state index contributed by atoms with van der Waals surface area (Å²) in [6.45, 7) is 3.76. The molecule has 0 bridgehead atoms. The molecule has 0 saturated carbocycles. The van der Waals surface area contributed by atoms with E-state index in [-0.39, 0.29) is 12.5 Å². The van der Waals surface area contributed by atoms with Crippen molar-refractivity contribution in [3.05, 3.63) is 30.1 Å².